The van der Waals surface area contributed by atoms with E-state index in [1.807, 2.05) is 43.3 Å². The van der Waals surface area contributed by atoms with Crippen molar-refractivity contribution in [1.82, 2.24) is 10.3 Å². The highest BCUT2D eigenvalue weighted by atomic mass is 19.3. The highest BCUT2D eigenvalue weighted by Crippen LogP contribution is 2.48. The van der Waals surface area contributed by atoms with Crippen molar-refractivity contribution in [3.8, 4) is 17.6 Å². The lowest BCUT2D eigenvalue weighted by molar-refractivity contribution is -0.120. The summed E-state index contributed by atoms with van der Waals surface area (Å²) >= 11 is 0. The third-order valence-electron chi connectivity index (χ3n) is 5.90. The fourth-order valence-corrected chi connectivity index (χ4v) is 3.80. The number of carbonyl (C=O) groups is 1. The standard InChI is InChI=1S/C24H26F2N4O3/c1-16(29-23(31)8-10-27)17-2-4-19(5-3-17)33-21-9-11-30(14-21)22-7-6-20(13-28-22)32-15-18-12-24(18,25)26/h2-7,13,16,18,21H,8-9,11-12,14-15H2,1H3,(H,29,31)/t16-,18?,21+/m0/s1. The lowest BCUT2D eigenvalue weighted by Gasteiger charge is -2.19. The molecule has 1 amide bonds. The van der Waals surface area contributed by atoms with Gasteiger partial charge in [0.05, 0.1) is 37.4 Å². The first kappa shape index (κ1) is 22.8. The average Bonchev–Trinajstić information content (AvgIpc) is 3.16. The van der Waals surface area contributed by atoms with E-state index < -0.39 is 11.8 Å². The number of anilines is 1. The molecule has 3 atom stereocenters. The Labute approximate surface area is 191 Å². The van der Waals surface area contributed by atoms with E-state index in [2.05, 4.69) is 15.2 Å². The molecule has 1 aromatic heterocycles. The van der Waals surface area contributed by atoms with Crippen LogP contribution in [0.25, 0.3) is 0 Å². The van der Waals surface area contributed by atoms with E-state index in [0.717, 1.165) is 30.1 Å². The number of nitrogens with zero attached hydrogens (tertiary/aromatic N) is 3. The minimum Gasteiger partial charge on any atom is -0.491 e. The highest BCUT2D eigenvalue weighted by molar-refractivity contribution is 5.78. The molecule has 1 aromatic carbocycles. The summed E-state index contributed by atoms with van der Waals surface area (Å²) in [6, 6.07) is 12.8. The second-order valence-corrected chi connectivity index (χ2v) is 8.49. The van der Waals surface area contributed by atoms with Crippen LogP contribution in [0.3, 0.4) is 0 Å². The van der Waals surface area contributed by atoms with E-state index in [1.54, 1.807) is 12.3 Å². The van der Waals surface area contributed by atoms with Gasteiger partial charge < -0.3 is 19.7 Å². The number of alkyl halides is 2. The molecule has 4 rings (SSSR count). The SMILES string of the molecule is C[C@H](NC(=O)CC#N)c1ccc(O[C@@H]2CCN(c3ccc(OCC4CC4(F)F)cn3)C2)cc1. The first-order valence-corrected chi connectivity index (χ1v) is 11.0. The van der Waals surface area contributed by atoms with Gasteiger partial charge in [0.25, 0.3) is 5.92 Å². The van der Waals surface area contributed by atoms with Crippen LogP contribution in [-0.2, 0) is 4.79 Å². The van der Waals surface area contributed by atoms with Crippen molar-refractivity contribution >= 4 is 11.7 Å². The van der Waals surface area contributed by atoms with Gasteiger partial charge in [-0.3, -0.25) is 4.79 Å². The first-order chi connectivity index (χ1) is 15.8. The molecule has 1 saturated carbocycles. The first-order valence-electron chi connectivity index (χ1n) is 11.0. The van der Waals surface area contributed by atoms with Crippen molar-refractivity contribution in [2.45, 2.75) is 44.3 Å². The minimum atomic E-state index is -2.58. The van der Waals surface area contributed by atoms with Crippen molar-refractivity contribution < 1.29 is 23.0 Å². The minimum absolute atomic E-state index is 0.0114. The summed E-state index contributed by atoms with van der Waals surface area (Å²) in [4.78, 5) is 18.1. The quantitative estimate of drug-likeness (QED) is 0.617. The molecule has 9 heteroatoms. The molecule has 7 nitrogen and oxygen atoms in total. The van der Waals surface area contributed by atoms with Crippen LogP contribution >= 0.6 is 0 Å². The zero-order chi connectivity index (χ0) is 23.4. The fourth-order valence-electron chi connectivity index (χ4n) is 3.80. The maximum atomic E-state index is 12.9. The van der Waals surface area contributed by atoms with Crippen molar-refractivity contribution in [1.29, 1.82) is 5.26 Å². The van der Waals surface area contributed by atoms with Crippen molar-refractivity contribution in [3.05, 3.63) is 48.2 Å². The van der Waals surface area contributed by atoms with E-state index in [9.17, 15) is 13.6 Å². The summed E-state index contributed by atoms with van der Waals surface area (Å²) in [5, 5.41) is 11.4. The molecule has 1 N–H and O–H groups in total. The molecule has 0 radical (unpaired) electrons. The van der Waals surface area contributed by atoms with Gasteiger partial charge in [0.1, 0.15) is 29.8 Å². The molecule has 33 heavy (non-hydrogen) atoms. The van der Waals surface area contributed by atoms with Gasteiger partial charge in [0.2, 0.25) is 5.91 Å². The summed E-state index contributed by atoms with van der Waals surface area (Å²) in [5.74, 6) is -1.53. The Kier molecular flexibility index (Phi) is 6.63. The maximum absolute atomic E-state index is 12.9. The summed E-state index contributed by atoms with van der Waals surface area (Å²) in [5.41, 5.74) is 0.929. The molecule has 2 fully saturated rings. The Hall–Kier alpha value is -3.41. The van der Waals surface area contributed by atoms with Crippen LogP contribution in [0.4, 0.5) is 14.6 Å². The van der Waals surface area contributed by atoms with E-state index in [1.165, 1.54) is 0 Å². The maximum Gasteiger partial charge on any atom is 0.255 e. The third-order valence-corrected chi connectivity index (χ3v) is 5.90. The van der Waals surface area contributed by atoms with Crippen LogP contribution in [-0.4, -0.2) is 42.6 Å². The second-order valence-electron chi connectivity index (χ2n) is 8.49. The number of nitrogens with one attached hydrogen (secondary N) is 1. The summed E-state index contributed by atoms with van der Waals surface area (Å²) < 4.78 is 37.4. The molecule has 1 saturated heterocycles. The Morgan fingerprint density at radius 2 is 2.03 bits per heavy atom. The van der Waals surface area contributed by atoms with Crippen LogP contribution in [0.2, 0.25) is 0 Å². The van der Waals surface area contributed by atoms with Gasteiger partial charge >= 0.3 is 0 Å². The van der Waals surface area contributed by atoms with Crippen LogP contribution < -0.4 is 19.7 Å². The van der Waals surface area contributed by atoms with Gasteiger partial charge in [-0.15, -0.1) is 0 Å². The van der Waals surface area contributed by atoms with Gasteiger partial charge in [-0.05, 0) is 36.8 Å². The largest absolute Gasteiger partial charge is 0.491 e. The summed E-state index contributed by atoms with van der Waals surface area (Å²) in [7, 11) is 0. The zero-order valence-electron chi connectivity index (χ0n) is 18.3. The van der Waals surface area contributed by atoms with Gasteiger partial charge in [-0.1, -0.05) is 12.1 Å². The average molecular weight is 456 g/mol. The van der Waals surface area contributed by atoms with Gasteiger partial charge in [0.15, 0.2) is 0 Å². The number of hydrogen-bond donors (Lipinski definition) is 1. The molecule has 0 spiro atoms. The molecule has 174 valence electrons. The van der Waals surface area contributed by atoms with Crippen molar-refractivity contribution in [2.24, 2.45) is 5.92 Å². The van der Waals surface area contributed by atoms with Crippen LogP contribution in [0, 0.1) is 17.2 Å². The predicted molar refractivity (Wildman–Crippen MR) is 117 cm³/mol. The number of aromatic nitrogens is 1. The van der Waals surface area contributed by atoms with Gasteiger partial charge in [-0.2, -0.15) is 5.26 Å². The van der Waals surface area contributed by atoms with Crippen molar-refractivity contribution in [3.63, 3.8) is 0 Å². The van der Waals surface area contributed by atoms with Gasteiger partial charge in [0, 0.05) is 19.4 Å². The Morgan fingerprint density at radius 3 is 2.67 bits per heavy atom. The number of halogens is 2. The number of hydrogen-bond acceptors (Lipinski definition) is 6. The summed E-state index contributed by atoms with van der Waals surface area (Å²) in [6.07, 6.45) is 2.17. The molecule has 2 heterocycles. The number of benzene rings is 1. The van der Waals surface area contributed by atoms with Crippen LogP contribution in [0.15, 0.2) is 42.6 Å². The lowest BCUT2D eigenvalue weighted by Crippen LogP contribution is -2.26. The molecule has 1 aliphatic heterocycles. The predicted octanol–water partition coefficient (Wildman–Crippen LogP) is 3.86. The second kappa shape index (κ2) is 9.61. The molecule has 1 aliphatic carbocycles. The number of nitriles is 1. The Bertz CT molecular complexity index is 1010. The molecule has 2 aromatic rings. The number of rotatable bonds is 9. The molecule has 2 aliphatic rings. The zero-order valence-corrected chi connectivity index (χ0v) is 18.3. The van der Waals surface area contributed by atoms with Gasteiger partial charge in [-0.25, -0.2) is 13.8 Å². The molecular weight excluding hydrogens is 430 g/mol. The molecule has 0 bridgehead atoms. The van der Waals surface area contributed by atoms with E-state index in [4.69, 9.17) is 14.7 Å². The topological polar surface area (TPSA) is 87.5 Å². The van der Waals surface area contributed by atoms with Crippen LogP contribution in [0.1, 0.15) is 37.8 Å². The third kappa shape index (κ3) is 5.89. The number of carbonyl (C=O) groups excluding carboxylic acids is 1. The van der Waals surface area contributed by atoms with E-state index in [0.29, 0.717) is 12.3 Å². The lowest BCUT2D eigenvalue weighted by atomic mass is 10.1. The van der Waals surface area contributed by atoms with Crippen molar-refractivity contribution in [2.75, 3.05) is 24.6 Å². The van der Waals surface area contributed by atoms with Crippen LogP contribution in [0.5, 0.6) is 11.5 Å². The summed E-state index contributed by atoms with van der Waals surface area (Å²) in [6.45, 7) is 3.36. The van der Waals surface area contributed by atoms with E-state index in [-0.39, 0.29) is 37.5 Å². The monoisotopic (exact) mass is 456 g/mol. The smallest absolute Gasteiger partial charge is 0.255 e. The molecule has 1 unspecified atom stereocenters. The normalized spacial score (nSPS) is 21.7. The van der Waals surface area contributed by atoms with E-state index >= 15 is 0 Å². The molecular formula is C24H26F2N4O3. The highest BCUT2D eigenvalue weighted by Gasteiger charge is 2.57. The number of ether oxygens (including phenoxy) is 2. The fraction of sp³-hybridized carbons (Fsp3) is 0.458. The Morgan fingerprint density at radius 1 is 1.30 bits per heavy atom. The number of amides is 1. The Balaban J connectivity index is 1.24. The number of pyridine rings is 1.